The van der Waals surface area contributed by atoms with E-state index in [1.54, 1.807) is 23.6 Å². The monoisotopic (exact) mass is 424 g/mol. The average molecular weight is 425 g/mol. The molecular formula is C23H28N4O4. The second-order valence-corrected chi connectivity index (χ2v) is 7.47. The highest BCUT2D eigenvalue weighted by Gasteiger charge is 2.34. The molecule has 1 aliphatic heterocycles. The Labute approximate surface area is 182 Å². The van der Waals surface area contributed by atoms with Gasteiger partial charge in [-0.3, -0.25) is 9.59 Å². The molecule has 164 valence electrons. The summed E-state index contributed by atoms with van der Waals surface area (Å²) in [5.41, 5.74) is 1.19. The minimum absolute atomic E-state index is 0.0345. The van der Waals surface area contributed by atoms with Crippen LogP contribution in [0.25, 0.3) is 11.3 Å². The highest BCUT2D eigenvalue weighted by atomic mass is 16.5. The van der Waals surface area contributed by atoms with E-state index in [4.69, 9.17) is 4.74 Å². The normalized spacial score (nSPS) is 16.2. The van der Waals surface area contributed by atoms with E-state index in [9.17, 15) is 14.4 Å². The highest BCUT2D eigenvalue weighted by Crippen LogP contribution is 2.26. The summed E-state index contributed by atoms with van der Waals surface area (Å²) >= 11 is 0. The van der Waals surface area contributed by atoms with Crippen LogP contribution in [0.4, 0.5) is 0 Å². The molecule has 2 heterocycles. The Hall–Kier alpha value is -3.29. The predicted molar refractivity (Wildman–Crippen MR) is 116 cm³/mol. The molecule has 8 heteroatoms. The lowest BCUT2D eigenvalue weighted by molar-refractivity contribution is -0.134. The van der Waals surface area contributed by atoms with Crippen molar-refractivity contribution in [2.24, 2.45) is 0 Å². The van der Waals surface area contributed by atoms with Gasteiger partial charge in [0.25, 0.3) is 5.91 Å². The fourth-order valence-corrected chi connectivity index (χ4v) is 3.79. The van der Waals surface area contributed by atoms with Crippen LogP contribution in [0.1, 0.15) is 53.9 Å². The van der Waals surface area contributed by atoms with Crippen molar-refractivity contribution >= 4 is 17.8 Å². The molecular weight excluding hydrogens is 396 g/mol. The minimum atomic E-state index is -0.627. The summed E-state index contributed by atoms with van der Waals surface area (Å²) in [6, 6.07) is 9.09. The maximum Gasteiger partial charge on any atom is 0.342 e. The Morgan fingerprint density at radius 3 is 2.42 bits per heavy atom. The summed E-state index contributed by atoms with van der Waals surface area (Å²) in [6.07, 6.45) is 0.427. The Morgan fingerprint density at radius 2 is 1.81 bits per heavy atom. The van der Waals surface area contributed by atoms with Gasteiger partial charge in [-0.25, -0.2) is 14.8 Å². The van der Waals surface area contributed by atoms with Crippen molar-refractivity contribution in [2.75, 3.05) is 26.2 Å². The van der Waals surface area contributed by atoms with Crippen molar-refractivity contribution in [3.05, 3.63) is 47.4 Å². The summed E-state index contributed by atoms with van der Waals surface area (Å²) in [4.78, 5) is 50.7. The van der Waals surface area contributed by atoms with E-state index < -0.39 is 5.97 Å². The van der Waals surface area contributed by atoms with Gasteiger partial charge in [-0.1, -0.05) is 37.3 Å². The molecule has 2 amide bonds. The number of esters is 1. The maximum atomic E-state index is 13.5. The molecule has 3 rings (SSSR count). The number of benzene rings is 1. The lowest BCUT2D eigenvalue weighted by Gasteiger charge is -2.39. The summed E-state index contributed by atoms with van der Waals surface area (Å²) in [6.45, 7) is 8.51. The number of rotatable bonds is 5. The molecule has 1 fully saturated rings. The van der Waals surface area contributed by atoms with Crippen molar-refractivity contribution in [1.29, 1.82) is 0 Å². The van der Waals surface area contributed by atoms with Crippen LogP contribution in [0.15, 0.2) is 30.3 Å². The third-order valence-corrected chi connectivity index (χ3v) is 5.29. The molecule has 0 bridgehead atoms. The van der Waals surface area contributed by atoms with E-state index in [0.717, 1.165) is 0 Å². The summed E-state index contributed by atoms with van der Waals surface area (Å²) in [5, 5.41) is 0. The van der Waals surface area contributed by atoms with Gasteiger partial charge in [0.1, 0.15) is 17.1 Å². The summed E-state index contributed by atoms with van der Waals surface area (Å²) in [5.74, 6) is -0.530. The molecule has 0 radical (unpaired) electrons. The smallest absolute Gasteiger partial charge is 0.342 e. The van der Waals surface area contributed by atoms with Crippen molar-refractivity contribution in [2.45, 2.75) is 40.2 Å². The molecule has 0 unspecified atom stereocenters. The van der Waals surface area contributed by atoms with Crippen LogP contribution in [0.2, 0.25) is 0 Å². The summed E-state index contributed by atoms with van der Waals surface area (Å²) in [7, 11) is 0. The van der Waals surface area contributed by atoms with Gasteiger partial charge in [0.2, 0.25) is 5.91 Å². The van der Waals surface area contributed by atoms with Crippen LogP contribution in [0.5, 0.6) is 0 Å². The van der Waals surface area contributed by atoms with Crippen LogP contribution in [-0.2, 0) is 9.53 Å². The molecule has 0 saturated carbocycles. The topological polar surface area (TPSA) is 92.7 Å². The van der Waals surface area contributed by atoms with E-state index in [1.807, 2.05) is 44.2 Å². The Bertz CT molecular complexity index is 977. The highest BCUT2D eigenvalue weighted by molar-refractivity contribution is 6.07. The third-order valence-electron chi connectivity index (χ3n) is 5.29. The molecule has 1 saturated heterocycles. The fraction of sp³-hybridized carbons (Fsp3) is 0.435. The SMILES string of the molecule is CCOC(=O)c1c(C(=O)N2CCN(C(=O)CC)[C@@H](C)C2)nc(C)nc1-c1ccccc1. The second-order valence-electron chi connectivity index (χ2n) is 7.47. The van der Waals surface area contributed by atoms with E-state index >= 15 is 0 Å². The molecule has 8 nitrogen and oxygen atoms in total. The van der Waals surface area contributed by atoms with Crippen LogP contribution in [0, 0.1) is 6.92 Å². The number of aromatic nitrogens is 2. The standard InChI is InChI=1S/C23H28N4O4/c1-5-18(28)27-13-12-26(14-15(27)3)22(29)21-19(23(30)31-6-2)20(24-16(4)25-21)17-10-8-7-9-11-17/h7-11,15H,5-6,12-14H2,1-4H3/t15-/m0/s1. The number of carbonyl (C=O) groups is 3. The Balaban J connectivity index is 2.02. The summed E-state index contributed by atoms with van der Waals surface area (Å²) < 4.78 is 5.25. The van der Waals surface area contributed by atoms with Crippen LogP contribution in [-0.4, -0.2) is 69.8 Å². The lowest BCUT2D eigenvalue weighted by Crippen LogP contribution is -2.55. The first-order valence-corrected chi connectivity index (χ1v) is 10.6. The fourth-order valence-electron chi connectivity index (χ4n) is 3.79. The van der Waals surface area contributed by atoms with E-state index in [2.05, 4.69) is 9.97 Å². The van der Waals surface area contributed by atoms with Crippen LogP contribution < -0.4 is 0 Å². The second kappa shape index (κ2) is 9.68. The van der Waals surface area contributed by atoms with Gasteiger partial charge in [-0.05, 0) is 20.8 Å². The number of hydrogen-bond donors (Lipinski definition) is 0. The van der Waals surface area contributed by atoms with Gasteiger partial charge in [0.15, 0.2) is 0 Å². The minimum Gasteiger partial charge on any atom is -0.462 e. The molecule has 31 heavy (non-hydrogen) atoms. The van der Waals surface area contributed by atoms with Crippen molar-refractivity contribution in [3.63, 3.8) is 0 Å². The van der Waals surface area contributed by atoms with E-state index in [-0.39, 0.29) is 35.7 Å². The van der Waals surface area contributed by atoms with Crippen molar-refractivity contribution < 1.29 is 19.1 Å². The zero-order chi connectivity index (χ0) is 22.5. The Kier molecular flexibility index (Phi) is 6.99. The van der Waals surface area contributed by atoms with E-state index in [0.29, 0.717) is 43.1 Å². The third kappa shape index (κ3) is 4.73. The zero-order valence-corrected chi connectivity index (χ0v) is 18.4. The number of nitrogens with zero attached hydrogens (tertiary/aromatic N) is 4. The first-order valence-electron chi connectivity index (χ1n) is 10.6. The molecule has 0 spiro atoms. The van der Waals surface area contributed by atoms with Crippen LogP contribution >= 0.6 is 0 Å². The number of piperazine rings is 1. The molecule has 1 aromatic heterocycles. The number of amides is 2. The quantitative estimate of drug-likeness (QED) is 0.685. The van der Waals surface area contributed by atoms with Gasteiger partial charge in [0, 0.05) is 37.7 Å². The maximum absolute atomic E-state index is 13.5. The molecule has 2 aromatic rings. The number of hydrogen-bond acceptors (Lipinski definition) is 6. The lowest BCUT2D eigenvalue weighted by atomic mass is 10.0. The van der Waals surface area contributed by atoms with Crippen molar-refractivity contribution in [1.82, 2.24) is 19.8 Å². The first kappa shape index (κ1) is 22.4. The van der Waals surface area contributed by atoms with Gasteiger partial charge in [-0.15, -0.1) is 0 Å². The molecule has 1 aromatic carbocycles. The van der Waals surface area contributed by atoms with E-state index in [1.165, 1.54) is 0 Å². The Morgan fingerprint density at radius 1 is 1.10 bits per heavy atom. The van der Waals surface area contributed by atoms with Gasteiger partial charge in [-0.2, -0.15) is 0 Å². The predicted octanol–water partition coefficient (Wildman–Crippen LogP) is 2.71. The number of ether oxygens (including phenoxy) is 1. The van der Waals surface area contributed by atoms with Crippen molar-refractivity contribution in [3.8, 4) is 11.3 Å². The molecule has 0 aliphatic carbocycles. The largest absolute Gasteiger partial charge is 0.462 e. The number of aryl methyl sites for hydroxylation is 1. The molecule has 1 aliphatic rings. The van der Waals surface area contributed by atoms with Gasteiger partial charge < -0.3 is 14.5 Å². The average Bonchev–Trinajstić information content (AvgIpc) is 2.78. The number of carbonyl (C=O) groups excluding carboxylic acids is 3. The molecule has 0 N–H and O–H groups in total. The first-order chi connectivity index (χ1) is 14.9. The molecule has 1 atom stereocenters. The zero-order valence-electron chi connectivity index (χ0n) is 18.4. The van der Waals surface area contributed by atoms with Crippen LogP contribution in [0.3, 0.4) is 0 Å². The van der Waals surface area contributed by atoms with Gasteiger partial charge >= 0.3 is 5.97 Å². The van der Waals surface area contributed by atoms with Gasteiger partial charge in [0.05, 0.1) is 12.3 Å².